The smallest absolute Gasteiger partial charge is 0.147 e. The molecule has 0 radical (unpaired) electrons. The van der Waals surface area contributed by atoms with Crippen molar-refractivity contribution in [3.63, 3.8) is 0 Å². The Hall–Kier alpha value is 0.501. The summed E-state index contributed by atoms with van der Waals surface area (Å²) in [6.07, 6.45) is 12.5. The molecule has 1 aliphatic rings. The first-order chi connectivity index (χ1) is 11.0. The van der Waals surface area contributed by atoms with E-state index in [-0.39, 0.29) is 55.6 Å². The molecule has 1 aromatic rings. The van der Waals surface area contributed by atoms with Gasteiger partial charge in [0.15, 0.2) is 0 Å². The van der Waals surface area contributed by atoms with E-state index in [1.54, 1.807) is 26.1 Å². The third-order valence-electron chi connectivity index (χ3n) is 5.63. The summed E-state index contributed by atoms with van der Waals surface area (Å²) < 4.78 is 1.80. The number of unbranched alkanes of at least 4 members (excludes halogenated alkanes) is 2. The zero-order valence-corrected chi connectivity index (χ0v) is 22.2. The van der Waals surface area contributed by atoms with Crippen LogP contribution in [-0.2, 0) is 18.4 Å². The van der Waals surface area contributed by atoms with Crippen molar-refractivity contribution >= 4 is 49.1 Å². The molecule has 1 unspecified atom stereocenters. The fraction of sp³-hybridized carbons (Fsp3) is 0.524. The molecule has 0 fully saturated rings. The van der Waals surface area contributed by atoms with Crippen LogP contribution in [-0.4, -0.2) is 6.66 Å². The molecule has 0 heterocycles. The van der Waals surface area contributed by atoms with E-state index in [1.807, 2.05) is 5.19 Å². The van der Waals surface area contributed by atoms with Gasteiger partial charge in [-0.05, 0) is 0 Å². The molecular weight excluding hydrogens is 435 g/mol. The first-order valence-electron chi connectivity index (χ1n) is 9.16. The largest absolute Gasteiger partial charge is 0.147 e. The second kappa shape index (κ2) is 13.6. The predicted octanol–water partition coefficient (Wildman–Crippen LogP) is 6.54. The number of hydrogen-bond donors (Lipinski definition) is 0. The Morgan fingerprint density at radius 2 is 1.38 bits per heavy atom. The van der Waals surface area contributed by atoms with Gasteiger partial charge in [-0.25, -0.2) is 0 Å². The number of allylic oxidation sites excluding steroid dienone is 4. The molecule has 0 N–H and O–H groups in total. The fourth-order valence-corrected chi connectivity index (χ4v) is 14.9. The molecule has 1 aliphatic carbocycles. The van der Waals surface area contributed by atoms with E-state index >= 15 is 0 Å². The summed E-state index contributed by atoms with van der Waals surface area (Å²) in [7, 11) is 0. The summed E-state index contributed by atoms with van der Waals surface area (Å²) in [6, 6.07) is 1.52. The number of halogens is 3. The van der Waals surface area contributed by atoms with Crippen molar-refractivity contribution in [3.8, 4) is 0 Å². The maximum absolute atomic E-state index is 2.43. The molecule has 1 atom stereocenters. The third kappa shape index (κ3) is 6.83. The van der Waals surface area contributed by atoms with Crippen molar-refractivity contribution in [3.05, 3.63) is 49.9 Å². The maximum atomic E-state index is 2.43. The van der Waals surface area contributed by atoms with Crippen LogP contribution in [0.1, 0.15) is 60.4 Å². The van der Waals surface area contributed by atoms with E-state index in [0.717, 1.165) is 0 Å². The average Bonchev–Trinajstić information content (AvgIpc) is 3.04. The summed E-state index contributed by atoms with van der Waals surface area (Å²) in [6.45, 7) is 13.3. The van der Waals surface area contributed by atoms with Crippen LogP contribution in [0.4, 0.5) is 0 Å². The van der Waals surface area contributed by atoms with Gasteiger partial charge in [-0.2, -0.15) is 0 Å². The van der Waals surface area contributed by atoms with E-state index in [9.17, 15) is 0 Å². The predicted molar refractivity (Wildman–Crippen MR) is 125 cm³/mol. The van der Waals surface area contributed by atoms with Gasteiger partial charge >= 0.3 is 153 Å². The van der Waals surface area contributed by atoms with Crippen LogP contribution in [0.15, 0.2) is 22.1 Å². The van der Waals surface area contributed by atoms with Gasteiger partial charge < -0.3 is 0 Å². The third-order valence-corrected chi connectivity index (χ3v) is 15.6. The minimum Gasteiger partial charge on any atom is -0.147 e. The van der Waals surface area contributed by atoms with Gasteiger partial charge in [0.05, 0.1) is 0 Å². The quantitative estimate of drug-likeness (QED) is 0.314. The molecule has 0 saturated carbocycles. The van der Waals surface area contributed by atoms with E-state index in [4.69, 9.17) is 0 Å². The van der Waals surface area contributed by atoms with E-state index < -0.39 is 6.66 Å². The van der Waals surface area contributed by atoms with Crippen LogP contribution in [0.3, 0.4) is 0 Å². The Bertz CT molecular complexity index is 610. The Balaban J connectivity index is 0. The molecule has 2 rings (SSSR count). The summed E-state index contributed by atoms with van der Waals surface area (Å²) in [5.74, 6) is 0. The zero-order valence-electron chi connectivity index (χ0n) is 17.1. The first-order valence-corrected chi connectivity index (χ1v) is 14.6. The minimum absolute atomic E-state index is 0. The Morgan fingerprint density at radius 1 is 0.846 bits per heavy atom. The van der Waals surface area contributed by atoms with Crippen LogP contribution < -0.4 is 5.19 Å². The molecule has 0 aliphatic heterocycles. The molecular formula is C21H35Cl3SiTi. The second-order valence-electron chi connectivity index (χ2n) is 7.06. The molecule has 1 aromatic carbocycles. The van der Waals surface area contributed by atoms with Gasteiger partial charge in [0.2, 0.25) is 0 Å². The monoisotopic (exact) mass is 468 g/mol. The van der Waals surface area contributed by atoms with Gasteiger partial charge in [-0.15, -0.1) is 37.2 Å². The molecule has 0 nitrogen and oxygen atoms in total. The van der Waals surface area contributed by atoms with Gasteiger partial charge in [0, 0.05) is 0 Å². The SMILES string of the molecule is CCCCC[SiH]([Ti][C]1=CC=CC1)c1c(C)c(C)c(C)c(C)c1C.Cl.Cl.Cl. The van der Waals surface area contributed by atoms with Crippen molar-refractivity contribution in [1.29, 1.82) is 0 Å². The van der Waals surface area contributed by atoms with Crippen molar-refractivity contribution in [2.24, 2.45) is 0 Å². The average molecular weight is 470 g/mol. The maximum Gasteiger partial charge on any atom is -0.147 e. The first kappa shape index (κ1) is 28.7. The molecule has 0 aromatic heterocycles. The van der Waals surface area contributed by atoms with Crippen molar-refractivity contribution in [2.45, 2.75) is 73.3 Å². The van der Waals surface area contributed by atoms with Crippen molar-refractivity contribution in [2.75, 3.05) is 0 Å². The molecule has 0 saturated heterocycles. The Morgan fingerprint density at radius 3 is 1.85 bits per heavy atom. The number of rotatable bonds is 7. The molecule has 0 spiro atoms. The minimum atomic E-state index is -0.816. The van der Waals surface area contributed by atoms with E-state index in [0.29, 0.717) is 0 Å². The second-order valence-corrected chi connectivity index (χ2v) is 15.2. The summed E-state index contributed by atoms with van der Waals surface area (Å²) in [4.78, 5) is 0. The van der Waals surface area contributed by atoms with Crippen LogP contribution in [0, 0.1) is 34.6 Å². The van der Waals surface area contributed by atoms with Crippen molar-refractivity contribution in [1.82, 2.24) is 0 Å². The standard InChI is InChI=1S/C16H27Si.C5H5.3ClH.Ti/c1-7-8-9-10-17-16-14(5)12(3)11(2)13(4)15(16)6;1-2-4-5-3-1;;;;/h17H,7-10H2,1-6H3;1-3H,4H2;3*1H;. The zero-order chi connectivity index (χ0) is 17.0. The number of hydrogen-bond acceptors (Lipinski definition) is 0. The molecule has 5 heteroatoms. The van der Waals surface area contributed by atoms with Crippen LogP contribution in [0.25, 0.3) is 0 Å². The van der Waals surface area contributed by atoms with Crippen LogP contribution >= 0.6 is 37.2 Å². The molecule has 148 valence electrons. The fourth-order valence-electron chi connectivity index (χ4n) is 3.72. The normalized spacial score (nSPS) is 13.2. The number of benzene rings is 1. The van der Waals surface area contributed by atoms with E-state index in [1.165, 1.54) is 37.3 Å². The molecule has 0 amide bonds. The van der Waals surface area contributed by atoms with Gasteiger partial charge in [0.1, 0.15) is 0 Å². The summed E-state index contributed by atoms with van der Waals surface area (Å²) in [5, 5.41) is 1.84. The topological polar surface area (TPSA) is 0 Å². The van der Waals surface area contributed by atoms with Gasteiger partial charge in [-0.1, -0.05) is 0 Å². The van der Waals surface area contributed by atoms with Crippen molar-refractivity contribution < 1.29 is 18.4 Å². The van der Waals surface area contributed by atoms with E-state index in [2.05, 4.69) is 59.8 Å². The Kier molecular flexibility index (Phi) is 15.1. The Labute approximate surface area is 189 Å². The summed E-state index contributed by atoms with van der Waals surface area (Å²) >= 11 is 0.0709. The van der Waals surface area contributed by atoms with Gasteiger partial charge in [0.25, 0.3) is 0 Å². The van der Waals surface area contributed by atoms with Crippen LogP contribution in [0.2, 0.25) is 6.04 Å². The van der Waals surface area contributed by atoms with Crippen LogP contribution in [0.5, 0.6) is 0 Å². The van der Waals surface area contributed by atoms with Gasteiger partial charge in [-0.3, -0.25) is 0 Å². The molecule has 26 heavy (non-hydrogen) atoms. The summed E-state index contributed by atoms with van der Waals surface area (Å²) in [5.41, 5.74) is 7.90. The molecule has 0 bridgehead atoms.